The van der Waals surface area contributed by atoms with E-state index in [1.165, 1.54) is 11.8 Å². The molecule has 2 heterocycles. The van der Waals surface area contributed by atoms with E-state index in [1.54, 1.807) is 18.2 Å². The zero-order valence-corrected chi connectivity index (χ0v) is 11.0. The summed E-state index contributed by atoms with van der Waals surface area (Å²) in [6, 6.07) is 5.00. The Balaban J connectivity index is 1.76. The van der Waals surface area contributed by atoms with E-state index in [1.807, 2.05) is 0 Å². The predicted molar refractivity (Wildman–Crippen MR) is 74.8 cm³/mol. The maximum Gasteiger partial charge on any atom is 0.323 e. The van der Waals surface area contributed by atoms with Gasteiger partial charge in [-0.15, -0.1) is 5.10 Å². The molecule has 0 aliphatic carbocycles. The summed E-state index contributed by atoms with van der Waals surface area (Å²) >= 11 is 1.19. The molecule has 0 aliphatic heterocycles. The maximum atomic E-state index is 12.1. The van der Waals surface area contributed by atoms with Gasteiger partial charge in [-0.25, -0.2) is 9.89 Å². The average molecular weight is 290 g/mol. The third-order valence-electron chi connectivity index (χ3n) is 2.65. The summed E-state index contributed by atoms with van der Waals surface area (Å²) in [5, 5.41) is 6.75. The normalized spacial score (nSPS) is 11.0. The molecule has 0 amide bonds. The Kier molecular flexibility index (Phi) is 3.03. The number of aromatic nitrogens is 5. The van der Waals surface area contributed by atoms with Gasteiger partial charge >= 0.3 is 5.69 Å². The first-order chi connectivity index (χ1) is 9.61. The Labute approximate surface area is 116 Å². The van der Waals surface area contributed by atoms with Crippen molar-refractivity contribution < 1.29 is 4.79 Å². The van der Waals surface area contributed by atoms with Gasteiger partial charge in [0.2, 0.25) is 11.1 Å². The molecular formula is C11H10N6O2S. The minimum absolute atomic E-state index is 0.0812. The Morgan fingerprint density at radius 3 is 2.85 bits per heavy atom. The average Bonchev–Trinajstić information content (AvgIpc) is 2.99. The lowest BCUT2D eigenvalue weighted by Gasteiger charge is -1.99. The second-order valence-corrected chi connectivity index (χ2v) is 5.00. The van der Waals surface area contributed by atoms with Gasteiger partial charge in [0.1, 0.15) is 0 Å². The molecule has 1 aromatic carbocycles. The Hall–Kier alpha value is -2.55. The van der Waals surface area contributed by atoms with E-state index in [9.17, 15) is 9.59 Å². The molecule has 102 valence electrons. The van der Waals surface area contributed by atoms with Crippen molar-refractivity contribution >= 4 is 34.5 Å². The minimum atomic E-state index is -0.296. The lowest BCUT2D eigenvalue weighted by atomic mass is 10.1. The van der Waals surface area contributed by atoms with Crippen LogP contribution in [0.4, 0.5) is 5.95 Å². The van der Waals surface area contributed by atoms with Crippen LogP contribution in [0.2, 0.25) is 0 Å². The second-order valence-electron chi connectivity index (χ2n) is 4.05. The van der Waals surface area contributed by atoms with Crippen LogP contribution < -0.4 is 11.4 Å². The molecule has 0 spiro atoms. The largest absolute Gasteiger partial charge is 0.368 e. The molecule has 20 heavy (non-hydrogen) atoms. The molecular weight excluding hydrogens is 280 g/mol. The van der Waals surface area contributed by atoms with Crippen LogP contribution in [-0.4, -0.2) is 36.7 Å². The molecule has 8 nitrogen and oxygen atoms in total. The number of nitrogens with two attached hydrogens (primary N) is 1. The van der Waals surface area contributed by atoms with E-state index in [2.05, 4.69) is 25.1 Å². The van der Waals surface area contributed by atoms with E-state index in [0.717, 1.165) is 0 Å². The van der Waals surface area contributed by atoms with E-state index in [4.69, 9.17) is 5.73 Å². The smallest absolute Gasteiger partial charge is 0.323 e. The summed E-state index contributed by atoms with van der Waals surface area (Å²) in [6.07, 6.45) is 0. The number of carbonyl (C=O) groups is 1. The first-order valence-corrected chi connectivity index (χ1v) is 6.66. The number of carbonyl (C=O) groups excluding carboxylic acids is 1. The molecule has 2 aromatic heterocycles. The monoisotopic (exact) mass is 290 g/mol. The number of Topliss-reactive ketones (excluding diaryl/α,β-unsaturated/α-hetero) is 1. The molecule has 0 atom stereocenters. The van der Waals surface area contributed by atoms with Crippen LogP contribution in [0.15, 0.2) is 28.2 Å². The number of anilines is 1. The number of rotatable bonds is 4. The van der Waals surface area contributed by atoms with Crippen molar-refractivity contribution in [2.75, 3.05) is 11.5 Å². The molecule has 9 heteroatoms. The van der Waals surface area contributed by atoms with Crippen molar-refractivity contribution in [3.8, 4) is 0 Å². The molecule has 0 fully saturated rings. The number of H-pyrrole nitrogens is 3. The highest BCUT2D eigenvalue weighted by atomic mass is 32.2. The van der Waals surface area contributed by atoms with Gasteiger partial charge < -0.3 is 15.7 Å². The van der Waals surface area contributed by atoms with Gasteiger partial charge in [-0.1, -0.05) is 11.8 Å². The fourth-order valence-electron chi connectivity index (χ4n) is 1.74. The summed E-state index contributed by atoms with van der Waals surface area (Å²) in [4.78, 5) is 32.3. The van der Waals surface area contributed by atoms with Gasteiger partial charge in [0, 0.05) is 5.56 Å². The van der Waals surface area contributed by atoms with Crippen LogP contribution in [0.25, 0.3) is 11.0 Å². The van der Waals surface area contributed by atoms with Crippen LogP contribution in [0, 0.1) is 0 Å². The number of hydrogen-bond acceptors (Lipinski definition) is 6. The number of thioether (sulfide) groups is 1. The molecule has 0 saturated carbocycles. The van der Waals surface area contributed by atoms with Crippen molar-refractivity contribution in [1.29, 1.82) is 0 Å². The molecule has 0 aliphatic rings. The number of hydrogen-bond donors (Lipinski definition) is 4. The number of fused-ring (bicyclic) bond motifs is 1. The number of ketones is 1. The summed E-state index contributed by atoms with van der Waals surface area (Å²) in [7, 11) is 0. The van der Waals surface area contributed by atoms with Crippen LogP contribution in [-0.2, 0) is 0 Å². The highest BCUT2D eigenvalue weighted by molar-refractivity contribution is 7.99. The molecule has 3 aromatic rings. The summed E-state index contributed by atoms with van der Waals surface area (Å²) < 4.78 is 0. The molecule has 5 N–H and O–H groups in total. The topological polar surface area (TPSA) is 133 Å². The van der Waals surface area contributed by atoms with E-state index >= 15 is 0 Å². The zero-order valence-electron chi connectivity index (χ0n) is 10.1. The van der Waals surface area contributed by atoms with Crippen LogP contribution in [0.1, 0.15) is 10.4 Å². The molecule has 0 bridgehead atoms. The van der Waals surface area contributed by atoms with Crippen LogP contribution in [0.5, 0.6) is 0 Å². The lowest BCUT2D eigenvalue weighted by Crippen LogP contribution is -2.02. The van der Waals surface area contributed by atoms with Gasteiger partial charge in [-0.05, 0) is 18.2 Å². The SMILES string of the molecule is Nc1nc(SCC(=O)c2ccc3[nH]c(=O)[nH]c3c2)n[nH]1. The van der Waals surface area contributed by atoms with Gasteiger partial charge in [0.15, 0.2) is 5.78 Å². The second kappa shape index (κ2) is 4.85. The standard InChI is InChI=1S/C11H10N6O2S/c12-9-15-11(17-16-9)20-4-8(18)5-1-2-6-7(3-5)14-10(19)13-6/h1-3H,4H2,(H2,13,14,19)(H3,12,15,16,17). The lowest BCUT2D eigenvalue weighted by molar-refractivity contribution is 0.102. The summed E-state index contributed by atoms with van der Waals surface area (Å²) in [5.74, 6) is 0.325. The molecule has 0 saturated heterocycles. The van der Waals surface area contributed by atoms with Crippen molar-refractivity contribution in [3.63, 3.8) is 0 Å². The van der Waals surface area contributed by atoms with Gasteiger partial charge in [0.05, 0.1) is 16.8 Å². The molecule has 0 unspecified atom stereocenters. The van der Waals surface area contributed by atoms with E-state index in [0.29, 0.717) is 21.8 Å². The summed E-state index contributed by atoms with van der Waals surface area (Å²) in [5.41, 5.74) is 6.89. The number of benzene rings is 1. The Bertz CT molecular complexity index is 833. The quantitative estimate of drug-likeness (QED) is 0.409. The van der Waals surface area contributed by atoms with Crippen LogP contribution in [0.3, 0.4) is 0 Å². The zero-order chi connectivity index (χ0) is 14.1. The Morgan fingerprint density at radius 1 is 1.30 bits per heavy atom. The van der Waals surface area contributed by atoms with Crippen molar-refractivity contribution in [3.05, 3.63) is 34.2 Å². The van der Waals surface area contributed by atoms with Crippen molar-refractivity contribution in [2.24, 2.45) is 0 Å². The predicted octanol–water partition coefficient (Wildman–Crippen LogP) is 0.531. The highest BCUT2D eigenvalue weighted by Gasteiger charge is 2.10. The third kappa shape index (κ3) is 2.43. The Morgan fingerprint density at radius 2 is 2.10 bits per heavy atom. The number of nitrogen functional groups attached to an aromatic ring is 1. The maximum absolute atomic E-state index is 12.1. The summed E-state index contributed by atoms with van der Waals surface area (Å²) in [6.45, 7) is 0. The third-order valence-corrected chi connectivity index (χ3v) is 3.50. The minimum Gasteiger partial charge on any atom is -0.368 e. The molecule has 3 rings (SSSR count). The van der Waals surface area contributed by atoms with Crippen molar-refractivity contribution in [2.45, 2.75) is 5.16 Å². The number of nitrogens with one attached hydrogen (secondary N) is 3. The van der Waals surface area contributed by atoms with Crippen LogP contribution >= 0.6 is 11.8 Å². The molecule has 0 radical (unpaired) electrons. The van der Waals surface area contributed by atoms with E-state index in [-0.39, 0.29) is 23.2 Å². The first kappa shape index (κ1) is 12.5. The highest BCUT2D eigenvalue weighted by Crippen LogP contribution is 2.17. The first-order valence-electron chi connectivity index (χ1n) is 5.68. The number of aromatic amines is 3. The number of imidazole rings is 1. The van der Waals surface area contributed by atoms with Crippen molar-refractivity contribution in [1.82, 2.24) is 25.1 Å². The number of nitrogens with zero attached hydrogens (tertiary/aromatic N) is 2. The van der Waals surface area contributed by atoms with Gasteiger partial charge in [0.25, 0.3) is 0 Å². The van der Waals surface area contributed by atoms with E-state index < -0.39 is 0 Å². The fraction of sp³-hybridized carbons (Fsp3) is 0.0909. The fourth-order valence-corrected chi connectivity index (χ4v) is 2.44. The van der Waals surface area contributed by atoms with Gasteiger partial charge in [-0.3, -0.25) is 4.79 Å². The van der Waals surface area contributed by atoms with Gasteiger partial charge in [-0.2, -0.15) is 4.98 Å².